The zero-order valence-corrected chi connectivity index (χ0v) is 21.7. The van der Waals surface area contributed by atoms with E-state index in [0.29, 0.717) is 36.0 Å². The fraction of sp³-hybridized carbons (Fsp3) is 0.259. The molecule has 34 heavy (non-hydrogen) atoms. The molecule has 0 spiro atoms. The number of hydrogen-bond donors (Lipinski definition) is 0. The molecule has 176 valence electrons. The van der Waals surface area contributed by atoms with Crippen LogP contribution in [0.3, 0.4) is 0 Å². The van der Waals surface area contributed by atoms with Crippen molar-refractivity contribution in [2.45, 2.75) is 39.8 Å². The predicted molar refractivity (Wildman–Crippen MR) is 141 cm³/mol. The van der Waals surface area contributed by atoms with Gasteiger partial charge in [-0.3, -0.25) is 14.5 Å². The fourth-order valence-corrected chi connectivity index (χ4v) is 5.16. The first-order valence-corrected chi connectivity index (χ1v) is 12.9. The van der Waals surface area contributed by atoms with Crippen LogP contribution in [0.5, 0.6) is 11.5 Å². The number of carbonyl (C=O) groups excluding carboxylic acids is 2. The van der Waals surface area contributed by atoms with E-state index in [4.69, 9.17) is 9.47 Å². The number of thioether (sulfide) groups is 1. The molecule has 0 unspecified atom stereocenters. The van der Waals surface area contributed by atoms with E-state index in [1.807, 2.05) is 51.1 Å². The van der Waals surface area contributed by atoms with Crippen LogP contribution in [0.2, 0.25) is 0 Å². The van der Waals surface area contributed by atoms with E-state index in [2.05, 4.69) is 40.2 Å². The van der Waals surface area contributed by atoms with Gasteiger partial charge in [0.05, 0.1) is 11.5 Å². The van der Waals surface area contributed by atoms with Gasteiger partial charge in [0.25, 0.3) is 11.1 Å². The SMILES string of the molecule is CCOc1cc(/C=C2/SC(=O)N([C@H](C)CC)C2=O)c(Br)cc1OCc1cccc2ccccc12. The minimum Gasteiger partial charge on any atom is -0.490 e. The van der Waals surface area contributed by atoms with Crippen LogP contribution in [0.1, 0.15) is 38.3 Å². The van der Waals surface area contributed by atoms with Gasteiger partial charge in [0.15, 0.2) is 11.5 Å². The first-order valence-electron chi connectivity index (χ1n) is 11.3. The Morgan fingerprint density at radius 1 is 1.03 bits per heavy atom. The largest absolute Gasteiger partial charge is 0.490 e. The van der Waals surface area contributed by atoms with Crippen LogP contribution in [0.25, 0.3) is 16.8 Å². The van der Waals surface area contributed by atoms with Crippen LogP contribution >= 0.6 is 27.7 Å². The molecule has 1 saturated heterocycles. The molecule has 3 aromatic rings. The minimum atomic E-state index is -0.259. The summed E-state index contributed by atoms with van der Waals surface area (Å²) in [6, 6.07) is 17.9. The van der Waals surface area contributed by atoms with Gasteiger partial charge in [0, 0.05) is 10.5 Å². The molecule has 0 saturated carbocycles. The van der Waals surface area contributed by atoms with Crippen molar-refractivity contribution in [2.24, 2.45) is 0 Å². The summed E-state index contributed by atoms with van der Waals surface area (Å²) in [5, 5.41) is 2.08. The van der Waals surface area contributed by atoms with E-state index >= 15 is 0 Å². The molecular weight excluding hydrogens is 514 g/mol. The second-order valence-electron chi connectivity index (χ2n) is 7.99. The average Bonchev–Trinajstić information content (AvgIpc) is 3.12. The maximum absolute atomic E-state index is 12.8. The molecule has 0 aliphatic carbocycles. The van der Waals surface area contributed by atoms with E-state index in [-0.39, 0.29) is 17.2 Å². The molecule has 2 amide bonds. The highest BCUT2D eigenvalue weighted by Crippen LogP contribution is 2.39. The lowest BCUT2D eigenvalue weighted by Gasteiger charge is -2.19. The standard InChI is InChI=1S/C27H26BrNO4S/c1-4-17(3)29-26(30)25(34-27(29)31)14-20-13-23(32-5-2)24(15-22(20)28)33-16-19-11-8-10-18-9-6-7-12-21(18)19/h6-15,17H,4-5,16H2,1-3H3/b25-14+/t17-/m1/s1. The third kappa shape index (κ3) is 5.00. The van der Waals surface area contributed by atoms with Gasteiger partial charge in [-0.25, -0.2) is 0 Å². The number of rotatable bonds is 8. The number of hydrogen-bond acceptors (Lipinski definition) is 5. The van der Waals surface area contributed by atoms with Crippen molar-refractivity contribution < 1.29 is 19.1 Å². The van der Waals surface area contributed by atoms with Crippen molar-refractivity contribution in [3.63, 3.8) is 0 Å². The predicted octanol–water partition coefficient (Wildman–Crippen LogP) is 7.41. The Hall–Kier alpha value is -2.77. The zero-order chi connectivity index (χ0) is 24.2. The Labute approximate surface area is 212 Å². The molecule has 5 nitrogen and oxygen atoms in total. The Balaban J connectivity index is 1.61. The summed E-state index contributed by atoms with van der Waals surface area (Å²) in [5.41, 5.74) is 1.83. The Morgan fingerprint density at radius 3 is 2.53 bits per heavy atom. The first-order chi connectivity index (χ1) is 16.4. The highest BCUT2D eigenvalue weighted by atomic mass is 79.9. The lowest BCUT2D eigenvalue weighted by atomic mass is 10.1. The number of fused-ring (bicyclic) bond motifs is 1. The highest BCUT2D eigenvalue weighted by molar-refractivity contribution is 9.10. The molecule has 3 aromatic carbocycles. The lowest BCUT2D eigenvalue weighted by Crippen LogP contribution is -2.36. The second-order valence-corrected chi connectivity index (χ2v) is 9.84. The Bertz CT molecular complexity index is 1270. The van der Waals surface area contributed by atoms with Crippen molar-refractivity contribution in [2.75, 3.05) is 6.61 Å². The van der Waals surface area contributed by atoms with Crippen LogP contribution in [-0.2, 0) is 11.4 Å². The Kier molecular flexibility index (Phi) is 7.63. The summed E-state index contributed by atoms with van der Waals surface area (Å²) >= 11 is 4.57. The number of halogens is 1. The van der Waals surface area contributed by atoms with Gasteiger partial charge in [-0.2, -0.15) is 0 Å². The topological polar surface area (TPSA) is 55.8 Å². The number of imide groups is 1. The number of carbonyl (C=O) groups is 2. The summed E-state index contributed by atoms with van der Waals surface area (Å²) in [4.78, 5) is 26.9. The molecule has 1 atom stereocenters. The van der Waals surface area contributed by atoms with Crippen molar-refractivity contribution in [1.29, 1.82) is 0 Å². The molecule has 0 N–H and O–H groups in total. The summed E-state index contributed by atoms with van der Waals surface area (Å²) < 4.78 is 12.8. The quantitative estimate of drug-likeness (QED) is 0.279. The zero-order valence-electron chi connectivity index (χ0n) is 19.3. The van der Waals surface area contributed by atoms with Gasteiger partial charge in [-0.15, -0.1) is 0 Å². The minimum absolute atomic E-state index is 0.134. The van der Waals surface area contributed by atoms with Gasteiger partial charge in [-0.1, -0.05) is 65.3 Å². The van der Waals surface area contributed by atoms with Crippen molar-refractivity contribution >= 4 is 55.7 Å². The number of nitrogens with zero attached hydrogens (tertiary/aromatic N) is 1. The van der Waals surface area contributed by atoms with Gasteiger partial charge >= 0.3 is 0 Å². The maximum atomic E-state index is 12.8. The molecule has 0 bridgehead atoms. The third-order valence-corrected chi connectivity index (χ3v) is 7.34. The van der Waals surface area contributed by atoms with E-state index in [1.165, 1.54) is 4.90 Å². The van der Waals surface area contributed by atoms with Crippen molar-refractivity contribution in [3.8, 4) is 11.5 Å². The third-order valence-electron chi connectivity index (χ3n) is 5.77. The molecular formula is C27H26BrNO4S. The summed E-state index contributed by atoms with van der Waals surface area (Å²) in [6.07, 6.45) is 2.45. The smallest absolute Gasteiger partial charge is 0.293 e. The maximum Gasteiger partial charge on any atom is 0.293 e. The van der Waals surface area contributed by atoms with Crippen LogP contribution in [0.15, 0.2) is 64.0 Å². The molecule has 1 aliphatic heterocycles. The summed E-state index contributed by atoms with van der Waals surface area (Å²) in [6.45, 7) is 6.61. The van der Waals surface area contributed by atoms with Crippen LogP contribution < -0.4 is 9.47 Å². The van der Waals surface area contributed by atoms with E-state index in [0.717, 1.165) is 38.1 Å². The van der Waals surface area contributed by atoms with Gasteiger partial charge in [-0.05, 0) is 72.1 Å². The summed E-state index contributed by atoms with van der Waals surface area (Å²) in [5.74, 6) is 0.926. The Morgan fingerprint density at radius 2 is 1.76 bits per heavy atom. The first kappa shape index (κ1) is 24.4. The lowest BCUT2D eigenvalue weighted by molar-refractivity contribution is -0.124. The fourth-order valence-electron chi connectivity index (χ4n) is 3.80. The number of benzene rings is 3. The van der Waals surface area contributed by atoms with Crippen LogP contribution in [0.4, 0.5) is 4.79 Å². The number of amides is 2. The van der Waals surface area contributed by atoms with E-state index in [1.54, 1.807) is 6.08 Å². The summed E-state index contributed by atoms with van der Waals surface area (Å²) in [7, 11) is 0. The highest BCUT2D eigenvalue weighted by Gasteiger charge is 2.37. The average molecular weight is 540 g/mol. The van der Waals surface area contributed by atoms with Crippen LogP contribution in [-0.4, -0.2) is 28.7 Å². The molecule has 1 fully saturated rings. The second kappa shape index (κ2) is 10.7. The molecule has 0 radical (unpaired) electrons. The molecule has 7 heteroatoms. The molecule has 0 aromatic heterocycles. The van der Waals surface area contributed by atoms with Gasteiger partial charge in [0.1, 0.15) is 6.61 Å². The number of ether oxygens (including phenoxy) is 2. The molecule has 1 aliphatic rings. The van der Waals surface area contributed by atoms with Crippen molar-refractivity contribution in [1.82, 2.24) is 4.90 Å². The van der Waals surface area contributed by atoms with Crippen LogP contribution in [0, 0.1) is 0 Å². The normalized spacial score (nSPS) is 15.9. The van der Waals surface area contributed by atoms with E-state index in [9.17, 15) is 9.59 Å². The monoisotopic (exact) mass is 539 g/mol. The van der Waals surface area contributed by atoms with Gasteiger partial charge in [0.2, 0.25) is 0 Å². The van der Waals surface area contributed by atoms with Gasteiger partial charge < -0.3 is 9.47 Å². The molecule has 1 heterocycles. The van der Waals surface area contributed by atoms with E-state index < -0.39 is 0 Å². The molecule has 4 rings (SSSR count). The van der Waals surface area contributed by atoms with Crippen molar-refractivity contribution in [3.05, 3.63) is 75.1 Å².